The summed E-state index contributed by atoms with van der Waals surface area (Å²) >= 11 is 0. The molecule has 5 nitrogen and oxygen atoms in total. The maximum absolute atomic E-state index is 11.8. The first-order valence-electron chi connectivity index (χ1n) is 6.97. The number of hydrogen-bond donors (Lipinski definition) is 0. The molecule has 20 heavy (non-hydrogen) atoms. The van der Waals surface area contributed by atoms with Gasteiger partial charge in [0.15, 0.2) is 0 Å². The summed E-state index contributed by atoms with van der Waals surface area (Å²) in [6, 6.07) is 3.96. The number of piperidine rings is 1. The van der Waals surface area contributed by atoms with Crippen LogP contribution in [0.2, 0.25) is 0 Å². The highest BCUT2D eigenvalue weighted by Gasteiger charge is 2.25. The van der Waals surface area contributed by atoms with Gasteiger partial charge in [-0.25, -0.2) is 9.78 Å². The van der Waals surface area contributed by atoms with Crippen molar-refractivity contribution in [1.82, 2.24) is 14.3 Å². The number of ether oxygens (including phenoxy) is 1. The molecule has 1 atom stereocenters. The molecule has 2 aromatic heterocycles. The minimum absolute atomic E-state index is 0.319. The normalized spacial score (nSPS) is 20.2. The number of fused-ring (bicyclic) bond motifs is 1. The van der Waals surface area contributed by atoms with Gasteiger partial charge in [-0.2, -0.15) is 0 Å². The van der Waals surface area contributed by atoms with Crippen LogP contribution in [-0.2, 0) is 4.74 Å². The monoisotopic (exact) mass is 273 g/mol. The second-order valence-corrected chi connectivity index (χ2v) is 5.28. The van der Waals surface area contributed by atoms with Gasteiger partial charge in [0.1, 0.15) is 5.82 Å². The Labute approximate surface area is 118 Å². The first-order chi connectivity index (χ1) is 9.72. The summed E-state index contributed by atoms with van der Waals surface area (Å²) in [4.78, 5) is 18.7. The molecule has 3 heterocycles. The van der Waals surface area contributed by atoms with Crippen LogP contribution >= 0.6 is 0 Å². The lowest BCUT2D eigenvalue weighted by Gasteiger charge is -2.31. The van der Waals surface area contributed by atoms with Crippen molar-refractivity contribution in [2.24, 2.45) is 0 Å². The van der Waals surface area contributed by atoms with E-state index < -0.39 is 0 Å². The molecule has 0 aromatic carbocycles. The Morgan fingerprint density at radius 1 is 1.45 bits per heavy atom. The molecule has 0 N–H and O–H groups in total. The van der Waals surface area contributed by atoms with Crippen molar-refractivity contribution in [2.75, 3.05) is 20.7 Å². The summed E-state index contributed by atoms with van der Waals surface area (Å²) in [6.45, 7) is 1.09. The predicted octanol–water partition coefficient (Wildman–Crippen LogP) is 2.28. The van der Waals surface area contributed by atoms with Crippen LogP contribution in [0.3, 0.4) is 0 Å². The topological polar surface area (TPSA) is 46.8 Å². The maximum Gasteiger partial charge on any atom is 0.340 e. The molecule has 1 unspecified atom stereocenters. The molecular weight excluding hydrogens is 254 g/mol. The van der Waals surface area contributed by atoms with Gasteiger partial charge in [0.25, 0.3) is 0 Å². The molecule has 1 aliphatic rings. The molecule has 1 aliphatic heterocycles. The number of aromatic nitrogens is 2. The fourth-order valence-electron chi connectivity index (χ4n) is 2.97. The summed E-state index contributed by atoms with van der Waals surface area (Å²) in [5, 5.41) is 0. The number of hydrogen-bond acceptors (Lipinski definition) is 4. The van der Waals surface area contributed by atoms with Crippen LogP contribution in [0, 0.1) is 0 Å². The molecule has 3 rings (SSSR count). The zero-order valence-corrected chi connectivity index (χ0v) is 11.9. The summed E-state index contributed by atoms with van der Waals surface area (Å²) in [6.07, 6.45) is 7.30. The summed E-state index contributed by atoms with van der Waals surface area (Å²) in [5.41, 5.74) is 1.38. The van der Waals surface area contributed by atoms with E-state index >= 15 is 0 Å². The molecule has 2 aromatic rings. The summed E-state index contributed by atoms with van der Waals surface area (Å²) < 4.78 is 6.84. The minimum Gasteiger partial charge on any atom is -0.465 e. The maximum atomic E-state index is 11.8. The van der Waals surface area contributed by atoms with Crippen molar-refractivity contribution in [3.05, 3.63) is 35.9 Å². The Kier molecular flexibility index (Phi) is 3.44. The third-order valence-electron chi connectivity index (χ3n) is 4.07. The number of carbonyl (C=O) groups excluding carboxylic acids is 1. The quantitative estimate of drug-likeness (QED) is 0.788. The van der Waals surface area contributed by atoms with E-state index in [0.29, 0.717) is 11.6 Å². The average Bonchev–Trinajstić information content (AvgIpc) is 2.90. The predicted molar refractivity (Wildman–Crippen MR) is 75.8 cm³/mol. The molecule has 1 fully saturated rings. The van der Waals surface area contributed by atoms with Gasteiger partial charge in [-0.15, -0.1) is 0 Å². The Balaban J connectivity index is 2.07. The van der Waals surface area contributed by atoms with Crippen molar-refractivity contribution in [3.8, 4) is 0 Å². The molecule has 0 spiro atoms. The average molecular weight is 273 g/mol. The van der Waals surface area contributed by atoms with Crippen LogP contribution in [-0.4, -0.2) is 41.0 Å². The molecule has 106 valence electrons. The van der Waals surface area contributed by atoms with E-state index in [4.69, 9.17) is 4.74 Å². The van der Waals surface area contributed by atoms with E-state index in [-0.39, 0.29) is 5.97 Å². The molecule has 0 amide bonds. The second kappa shape index (κ2) is 5.25. The lowest BCUT2D eigenvalue weighted by Crippen LogP contribution is -2.30. The molecule has 5 heteroatoms. The van der Waals surface area contributed by atoms with Gasteiger partial charge >= 0.3 is 5.97 Å². The Bertz CT molecular complexity index is 635. The Morgan fingerprint density at radius 3 is 3.05 bits per heavy atom. The van der Waals surface area contributed by atoms with E-state index in [1.54, 1.807) is 12.3 Å². The van der Waals surface area contributed by atoms with Crippen molar-refractivity contribution in [1.29, 1.82) is 0 Å². The van der Waals surface area contributed by atoms with E-state index in [9.17, 15) is 4.79 Å². The largest absolute Gasteiger partial charge is 0.465 e. The number of likely N-dealkylation sites (tertiary alicyclic amines) is 1. The Hall–Kier alpha value is -1.88. The van der Waals surface area contributed by atoms with Gasteiger partial charge in [-0.1, -0.05) is 6.42 Å². The summed E-state index contributed by atoms with van der Waals surface area (Å²) in [7, 11) is 3.53. The number of pyridine rings is 1. The smallest absolute Gasteiger partial charge is 0.340 e. The third kappa shape index (κ3) is 2.08. The molecular formula is C15H19N3O2. The number of carbonyl (C=O) groups is 1. The van der Waals surface area contributed by atoms with Crippen molar-refractivity contribution in [3.63, 3.8) is 0 Å². The number of esters is 1. The molecule has 0 radical (unpaired) electrons. The van der Waals surface area contributed by atoms with E-state index in [0.717, 1.165) is 24.3 Å². The zero-order valence-electron chi connectivity index (χ0n) is 11.9. The highest BCUT2D eigenvalue weighted by Crippen LogP contribution is 2.29. The number of nitrogens with zero attached hydrogens (tertiary/aromatic N) is 3. The standard InChI is InChI=1S/C15H19N3O2/c1-17-8-4-3-7-12(17)14-16-10-13-11(15(19)20-2)6-5-9-18(13)14/h5-6,9-10,12H,3-4,7-8H2,1-2H3. The van der Waals surface area contributed by atoms with E-state index in [1.807, 2.05) is 16.7 Å². The molecule has 0 saturated carbocycles. The molecule has 0 bridgehead atoms. The first kappa shape index (κ1) is 13.1. The van der Waals surface area contributed by atoms with Crippen LogP contribution < -0.4 is 0 Å². The van der Waals surface area contributed by atoms with Gasteiger partial charge in [0.2, 0.25) is 0 Å². The highest BCUT2D eigenvalue weighted by atomic mass is 16.5. The third-order valence-corrected chi connectivity index (χ3v) is 4.07. The lowest BCUT2D eigenvalue weighted by molar-refractivity contribution is 0.0602. The van der Waals surface area contributed by atoms with Gasteiger partial charge < -0.3 is 9.14 Å². The van der Waals surface area contributed by atoms with Gasteiger partial charge in [-0.05, 0) is 38.6 Å². The fraction of sp³-hybridized carbons (Fsp3) is 0.467. The number of rotatable bonds is 2. The van der Waals surface area contributed by atoms with Gasteiger partial charge in [0, 0.05) is 6.20 Å². The summed E-state index contributed by atoms with van der Waals surface area (Å²) in [5.74, 6) is 0.687. The van der Waals surface area contributed by atoms with Crippen LogP contribution in [0.1, 0.15) is 41.5 Å². The van der Waals surface area contributed by atoms with Gasteiger partial charge in [0.05, 0.1) is 30.4 Å². The van der Waals surface area contributed by atoms with Crippen molar-refractivity contribution < 1.29 is 9.53 Å². The van der Waals surface area contributed by atoms with Crippen molar-refractivity contribution in [2.45, 2.75) is 25.3 Å². The highest BCUT2D eigenvalue weighted by molar-refractivity contribution is 5.96. The fourth-order valence-corrected chi connectivity index (χ4v) is 2.97. The van der Waals surface area contributed by atoms with Crippen LogP contribution in [0.15, 0.2) is 24.5 Å². The van der Waals surface area contributed by atoms with Gasteiger partial charge in [-0.3, -0.25) is 4.90 Å². The zero-order chi connectivity index (χ0) is 14.1. The number of methoxy groups -OCH3 is 1. The van der Waals surface area contributed by atoms with Crippen LogP contribution in [0.5, 0.6) is 0 Å². The van der Waals surface area contributed by atoms with Crippen LogP contribution in [0.25, 0.3) is 5.52 Å². The van der Waals surface area contributed by atoms with E-state index in [2.05, 4.69) is 16.9 Å². The van der Waals surface area contributed by atoms with Crippen molar-refractivity contribution >= 4 is 11.5 Å². The Morgan fingerprint density at radius 2 is 2.30 bits per heavy atom. The number of imidazole rings is 1. The van der Waals surface area contributed by atoms with E-state index in [1.165, 1.54) is 20.0 Å². The lowest BCUT2D eigenvalue weighted by atomic mass is 10.0. The molecule has 0 aliphatic carbocycles. The first-order valence-corrected chi connectivity index (χ1v) is 6.97. The minimum atomic E-state index is -0.320. The van der Waals surface area contributed by atoms with Crippen LogP contribution in [0.4, 0.5) is 0 Å². The second-order valence-electron chi connectivity index (χ2n) is 5.28. The SMILES string of the molecule is COC(=O)c1cccn2c(C3CCCCN3C)ncc12. The molecule has 1 saturated heterocycles.